The molecule has 2 aromatic carbocycles. The van der Waals surface area contributed by atoms with Gasteiger partial charge in [-0.3, -0.25) is 9.69 Å². The summed E-state index contributed by atoms with van der Waals surface area (Å²) in [7, 11) is 0. The monoisotopic (exact) mass is 400 g/mol. The van der Waals surface area contributed by atoms with Gasteiger partial charge in [-0.15, -0.1) is 0 Å². The Balaban J connectivity index is 1.39. The molecule has 0 spiro atoms. The van der Waals surface area contributed by atoms with Crippen LogP contribution in [0.1, 0.15) is 42.6 Å². The number of hydrogen-bond acceptors (Lipinski definition) is 2. The Labute approximate surface area is 180 Å². The molecule has 30 heavy (non-hydrogen) atoms. The number of likely N-dealkylation sites (tertiary alicyclic amines) is 1. The van der Waals surface area contributed by atoms with Gasteiger partial charge in [0.15, 0.2) is 5.78 Å². The third-order valence-corrected chi connectivity index (χ3v) is 6.02. The highest BCUT2D eigenvalue weighted by molar-refractivity contribution is 6.13. The normalized spacial score (nSPS) is 16.1. The topological polar surface area (TPSA) is 25.2 Å². The molecule has 1 aromatic heterocycles. The predicted molar refractivity (Wildman–Crippen MR) is 125 cm³/mol. The lowest BCUT2D eigenvalue weighted by Crippen LogP contribution is -2.32. The Kier molecular flexibility index (Phi) is 6.49. The van der Waals surface area contributed by atoms with Crippen LogP contribution in [0.3, 0.4) is 0 Å². The van der Waals surface area contributed by atoms with E-state index in [0.717, 1.165) is 55.5 Å². The average molecular weight is 401 g/mol. The minimum absolute atomic E-state index is 0.125. The highest BCUT2D eigenvalue weighted by atomic mass is 16.1. The van der Waals surface area contributed by atoms with E-state index < -0.39 is 0 Å². The quantitative estimate of drug-likeness (QED) is 0.362. The third-order valence-electron chi connectivity index (χ3n) is 6.02. The van der Waals surface area contributed by atoms with E-state index in [-0.39, 0.29) is 5.78 Å². The molecular formula is C27H32N2O. The van der Waals surface area contributed by atoms with Crippen molar-refractivity contribution in [3.63, 3.8) is 0 Å². The van der Waals surface area contributed by atoms with E-state index in [1.807, 2.05) is 24.4 Å². The number of aromatic nitrogens is 1. The second kappa shape index (κ2) is 9.44. The Bertz CT molecular complexity index is 1010. The molecule has 0 saturated carbocycles. The maximum absolute atomic E-state index is 13.0. The molecule has 1 aliphatic heterocycles. The number of piperidine rings is 1. The van der Waals surface area contributed by atoms with Crippen molar-refractivity contribution in [3.05, 3.63) is 84.1 Å². The van der Waals surface area contributed by atoms with Crippen molar-refractivity contribution in [2.45, 2.75) is 39.8 Å². The zero-order chi connectivity index (χ0) is 20.9. The van der Waals surface area contributed by atoms with Gasteiger partial charge in [0.1, 0.15) is 0 Å². The number of benzene rings is 2. The maximum atomic E-state index is 13.0. The van der Waals surface area contributed by atoms with Crippen LogP contribution < -0.4 is 0 Å². The van der Waals surface area contributed by atoms with E-state index in [0.29, 0.717) is 11.8 Å². The molecule has 0 unspecified atom stereocenters. The van der Waals surface area contributed by atoms with Gasteiger partial charge in [0.25, 0.3) is 0 Å². The molecule has 3 nitrogen and oxygen atoms in total. The van der Waals surface area contributed by atoms with Crippen LogP contribution in [0.2, 0.25) is 0 Å². The second-order valence-electron chi connectivity index (χ2n) is 8.93. The number of carbonyl (C=O) groups is 1. The molecule has 0 aliphatic carbocycles. The largest absolute Gasteiger partial charge is 0.346 e. The van der Waals surface area contributed by atoms with Crippen molar-refractivity contribution < 1.29 is 4.79 Å². The van der Waals surface area contributed by atoms with Gasteiger partial charge in [-0.1, -0.05) is 68.5 Å². The van der Waals surface area contributed by atoms with Gasteiger partial charge in [-0.25, -0.2) is 0 Å². The minimum atomic E-state index is 0.125. The third kappa shape index (κ3) is 4.91. The summed E-state index contributed by atoms with van der Waals surface area (Å²) in [6.07, 6.45) is 8.24. The van der Waals surface area contributed by atoms with Gasteiger partial charge in [-0.05, 0) is 55.5 Å². The first kappa shape index (κ1) is 20.6. The first-order chi connectivity index (χ1) is 14.6. The van der Waals surface area contributed by atoms with E-state index >= 15 is 0 Å². The van der Waals surface area contributed by atoms with Gasteiger partial charge >= 0.3 is 0 Å². The van der Waals surface area contributed by atoms with E-state index in [1.165, 1.54) is 5.56 Å². The molecular weight excluding hydrogens is 368 g/mol. The molecule has 0 amide bonds. The van der Waals surface area contributed by atoms with Crippen molar-refractivity contribution in [3.8, 4) is 0 Å². The first-order valence-corrected chi connectivity index (χ1v) is 11.2. The second-order valence-corrected chi connectivity index (χ2v) is 8.93. The highest BCUT2D eigenvalue weighted by Gasteiger charge is 2.18. The van der Waals surface area contributed by atoms with Crippen LogP contribution in [0, 0.1) is 11.8 Å². The van der Waals surface area contributed by atoms with E-state index in [1.54, 1.807) is 0 Å². The predicted octanol–water partition coefficient (Wildman–Crippen LogP) is 5.95. The number of hydrogen-bond donors (Lipinski definition) is 0. The van der Waals surface area contributed by atoms with Gasteiger partial charge < -0.3 is 4.57 Å². The zero-order valence-electron chi connectivity index (χ0n) is 18.1. The van der Waals surface area contributed by atoms with E-state index in [9.17, 15) is 4.79 Å². The molecule has 156 valence electrons. The number of carbonyl (C=O) groups excluding carboxylic acids is 1. The molecule has 0 bridgehead atoms. The van der Waals surface area contributed by atoms with Gasteiger partial charge in [0, 0.05) is 35.8 Å². The van der Waals surface area contributed by atoms with Gasteiger partial charge in [0.2, 0.25) is 0 Å². The molecule has 0 atom stereocenters. The summed E-state index contributed by atoms with van der Waals surface area (Å²) in [5.41, 5.74) is 3.35. The zero-order valence-corrected chi connectivity index (χ0v) is 18.1. The Morgan fingerprint density at radius 1 is 1.03 bits per heavy atom. The molecule has 0 N–H and O–H groups in total. The molecule has 3 heteroatoms. The number of para-hydroxylation sites is 1. The maximum Gasteiger partial charge on any atom is 0.187 e. The van der Waals surface area contributed by atoms with E-state index in [2.05, 4.69) is 71.9 Å². The summed E-state index contributed by atoms with van der Waals surface area (Å²) in [4.78, 5) is 15.5. The molecule has 3 aromatic rings. The standard InChI is InChI=1S/C27H32N2O/c1-21(2)18-29-20-25(24-10-6-7-11-26(24)29)27(30)13-12-22-14-16-28(17-15-22)19-23-8-4-3-5-9-23/h3-13,20-22H,14-19H2,1-2H3. The van der Waals surface area contributed by atoms with Crippen molar-refractivity contribution in [2.24, 2.45) is 11.8 Å². The summed E-state index contributed by atoms with van der Waals surface area (Å²) >= 11 is 0. The molecule has 2 heterocycles. The van der Waals surface area contributed by atoms with Crippen molar-refractivity contribution in [1.82, 2.24) is 9.47 Å². The number of nitrogens with zero attached hydrogens (tertiary/aromatic N) is 2. The van der Waals surface area contributed by atoms with Crippen LogP contribution in [0.5, 0.6) is 0 Å². The summed E-state index contributed by atoms with van der Waals surface area (Å²) < 4.78 is 2.23. The lowest BCUT2D eigenvalue weighted by atomic mass is 9.95. The lowest BCUT2D eigenvalue weighted by Gasteiger charge is -2.30. The summed E-state index contributed by atoms with van der Waals surface area (Å²) in [5, 5.41) is 1.06. The van der Waals surface area contributed by atoms with Crippen LogP contribution in [0.25, 0.3) is 10.9 Å². The Morgan fingerprint density at radius 3 is 2.47 bits per heavy atom. The molecule has 4 rings (SSSR count). The molecule has 1 saturated heterocycles. The van der Waals surface area contributed by atoms with Crippen molar-refractivity contribution in [1.29, 1.82) is 0 Å². The van der Waals surface area contributed by atoms with Crippen LogP contribution in [-0.2, 0) is 13.1 Å². The van der Waals surface area contributed by atoms with Crippen LogP contribution >= 0.6 is 0 Å². The Hall–Kier alpha value is -2.65. The summed E-state index contributed by atoms with van der Waals surface area (Å²) in [6, 6.07) is 18.9. The molecule has 1 fully saturated rings. The molecule has 0 radical (unpaired) electrons. The van der Waals surface area contributed by atoms with Crippen molar-refractivity contribution in [2.75, 3.05) is 13.1 Å². The number of allylic oxidation sites excluding steroid dienone is 2. The van der Waals surface area contributed by atoms with Crippen molar-refractivity contribution >= 4 is 16.7 Å². The van der Waals surface area contributed by atoms with Gasteiger partial charge in [0.05, 0.1) is 0 Å². The fourth-order valence-corrected chi connectivity index (χ4v) is 4.45. The fraction of sp³-hybridized carbons (Fsp3) is 0.370. The lowest BCUT2D eigenvalue weighted by molar-refractivity contribution is 0.104. The van der Waals surface area contributed by atoms with Crippen LogP contribution in [0.4, 0.5) is 0 Å². The highest BCUT2D eigenvalue weighted by Crippen LogP contribution is 2.24. The van der Waals surface area contributed by atoms with E-state index in [4.69, 9.17) is 0 Å². The number of ketones is 1. The number of rotatable bonds is 7. The Morgan fingerprint density at radius 2 is 1.73 bits per heavy atom. The number of fused-ring (bicyclic) bond motifs is 1. The smallest absolute Gasteiger partial charge is 0.187 e. The summed E-state index contributed by atoms with van der Waals surface area (Å²) in [6.45, 7) is 8.54. The van der Waals surface area contributed by atoms with Crippen LogP contribution in [0.15, 0.2) is 72.9 Å². The minimum Gasteiger partial charge on any atom is -0.346 e. The SMILES string of the molecule is CC(C)Cn1cc(C(=O)C=CC2CCN(Cc3ccccc3)CC2)c2ccccc21. The van der Waals surface area contributed by atoms with Gasteiger partial charge in [-0.2, -0.15) is 0 Å². The molecule has 1 aliphatic rings. The van der Waals surface area contributed by atoms with Crippen LogP contribution in [-0.4, -0.2) is 28.3 Å². The summed E-state index contributed by atoms with van der Waals surface area (Å²) in [5.74, 6) is 1.16. The average Bonchev–Trinajstić information content (AvgIpc) is 3.12. The first-order valence-electron chi connectivity index (χ1n) is 11.2. The fourth-order valence-electron chi connectivity index (χ4n) is 4.45.